The van der Waals surface area contributed by atoms with Gasteiger partial charge in [-0.2, -0.15) is 0 Å². The number of carbonyl (C=O) groups excluding carboxylic acids is 1. The molecule has 6 heteroatoms. The number of aliphatic carboxylic acids is 1. The third-order valence-electron chi connectivity index (χ3n) is 3.11. The van der Waals surface area contributed by atoms with Crippen molar-refractivity contribution in [1.82, 2.24) is 5.32 Å². The Bertz CT molecular complexity index is 283. The van der Waals surface area contributed by atoms with Gasteiger partial charge in [-0.15, -0.1) is 0 Å². The van der Waals surface area contributed by atoms with E-state index in [1.54, 1.807) is 0 Å². The van der Waals surface area contributed by atoms with E-state index in [9.17, 15) is 14.7 Å². The Morgan fingerprint density at radius 1 is 1.10 bits per heavy atom. The van der Waals surface area contributed by atoms with Gasteiger partial charge in [0.05, 0.1) is 12.5 Å². The van der Waals surface area contributed by atoms with E-state index in [1.807, 2.05) is 0 Å². The number of unbranched alkanes of at least 4 members (excludes halogenated alkanes) is 4. The highest BCUT2D eigenvalue weighted by Crippen LogP contribution is 2.09. The molecule has 0 aromatic rings. The molecular weight excluding hydrogens is 262 g/mol. The SMILES string of the molecule is CCCCCCCC(O)CC(=O)NC(CCO)C(=O)O. The molecule has 0 bridgehead atoms. The first-order chi connectivity index (χ1) is 9.51. The summed E-state index contributed by atoms with van der Waals surface area (Å²) in [5.41, 5.74) is 0. The Morgan fingerprint density at radius 2 is 1.75 bits per heavy atom. The first kappa shape index (κ1) is 18.9. The van der Waals surface area contributed by atoms with Crippen LogP contribution in [0.3, 0.4) is 0 Å². The first-order valence-corrected chi connectivity index (χ1v) is 7.32. The Labute approximate surface area is 120 Å². The quantitative estimate of drug-likeness (QED) is 0.402. The molecule has 0 aromatic carbocycles. The topological polar surface area (TPSA) is 107 Å². The van der Waals surface area contributed by atoms with E-state index >= 15 is 0 Å². The summed E-state index contributed by atoms with van der Waals surface area (Å²) in [5.74, 6) is -1.67. The van der Waals surface area contributed by atoms with Crippen LogP contribution in [0.2, 0.25) is 0 Å². The molecule has 0 rings (SSSR count). The molecule has 0 aliphatic carbocycles. The summed E-state index contributed by atoms with van der Waals surface area (Å²) < 4.78 is 0. The highest BCUT2D eigenvalue weighted by atomic mass is 16.4. The van der Waals surface area contributed by atoms with Gasteiger partial charge in [-0.3, -0.25) is 4.79 Å². The van der Waals surface area contributed by atoms with Crippen LogP contribution in [0.4, 0.5) is 0 Å². The van der Waals surface area contributed by atoms with Crippen LogP contribution >= 0.6 is 0 Å². The van der Waals surface area contributed by atoms with Crippen molar-refractivity contribution in [3.63, 3.8) is 0 Å². The number of carbonyl (C=O) groups is 2. The lowest BCUT2D eigenvalue weighted by atomic mass is 10.1. The molecule has 0 spiro atoms. The molecule has 0 fully saturated rings. The van der Waals surface area contributed by atoms with Crippen LogP contribution in [0.25, 0.3) is 0 Å². The number of hydrogen-bond acceptors (Lipinski definition) is 4. The van der Waals surface area contributed by atoms with Crippen LogP contribution in [-0.4, -0.2) is 45.9 Å². The fraction of sp³-hybridized carbons (Fsp3) is 0.857. The lowest BCUT2D eigenvalue weighted by Gasteiger charge is -2.15. The van der Waals surface area contributed by atoms with Crippen LogP contribution in [-0.2, 0) is 9.59 Å². The zero-order valence-corrected chi connectivity index (χ0v) is 12.2. The molecule has 4 N–H and O–H groups in total. The van der Waals surface area contributed by atoms with Gasteiger partial charge in [0.25, 0.3) is 0 Å². The Hall–Kier alpha value is -1.14. The Morgan fingerprint density at radius 3 is 2.30 bits per heavy atom. The molecule has 20 heavy (non-hydrogen) atoms. The maximum atomic E-state index is 11.6. The van der Waals surface area contributed by atoms with Gasteiger partial charge in [-0.1, -0.05) is 39.0 Å². The molecule has 0 saturated carbocycles. The summed E-state index contributed by atoms with van der Waals surface area (Å²) >= 11 is 0. The number of nitrogens with one attached hydrogen (secondary N) is 1. The fourth-order valence-corrected chi connectivity index (χ4v) is 1.94. The minimum absolute atomic E-state index is 0.0335. The summed E-state index contributed by atoms with van der Waals surface area (Å²) in [7, 11) is 0. The number of rotatable bonds is 12. The summed E-state index contributed by atoms with van der Waals surface area (Å²) in [4.78, 5) is 22.4. The summed E-state index contributed by atoms with van der Waals surface area (Å²) in [5, 5.41) is 29.5. The van der Waals surface area contributed by atoms with E-state index in [0.29, 0.717) is 6.42 Å². The molecule has 118 valence electrons. The van der Waals surface area contributed by atoms with E-state index in [4.69, 9.17) is 10.2 Å². The van der Waals surface area contributed by atoms with E-state index < -0.39 is 24.0 Å². The molecule has 0 aliphatic rings. The first-order valence-electron chi connectivity index (χ1n) is 7.32. The van der Waals surface area contributed by atoms with Crippen molar-refractivity contribution in [2.45, 2.75) is 70.4 Å². The highest BCUT2D eigenvalue weighted by molar-refractivity contribution is 5.83. The molecule has 0 aliphatic heterocycles. The smallest absolute Gasteiger partial charge is 0.326 e. The average Bonchev–Trinajstić information content (AvgIpc) is 2.37. The number of aliphatic hydroxyl groups excluding tert-OH is 2. The molecule has 0 heterocycles. The third kappa shape index (κ3) is 9.75. The zero-order chi connectivity index (χ0) is 15.4. The zero-order valence-electron chi connectivity index (χ0n) is 12.2. The van der Waals surface area contributed by atoms with Gasteiger partial charge in [-0.25, -0.2) is 4.79 Å². The Balaban J connectivity index is 3.85. The molecule has 0 saturated heterocycles. The monoisotopic (exact) mass is 289 g/mol. The molecule has 2 atom stereocenters. The minimum Gasteiger partial charge on any atom is -0.480 e. The van der Waals surface area contributed by atoms with Crippen molar-refractivity contribution in [2.24, 2.45) is 0 Å². The maximum absolute atomic E-state index is 11.6. The molecule has 6 nitrogen and oxygen atoms in total. The van der Waals surface area contributed by atoms with Crippen molar-refractivity contribution in [2.75, 3.05) is 6.61 Å². The van der Waals surface area contributed by atoms with Crippen molar-refractivity contribution in [1.29, 1.82) is 0 Å². The number of amides is 1. The van der Waals surface area contributed by atoms with E-state index in [0.717, 1.165) is 25.7 Å². The van der Waals surface area contributed by atoms with Gasteiger partial charge in [-0.05, 0) is 6.42 Å². The van der Waals surface area contributed by atoms with E-state index in [-0.39, 0.29) is 19.4 Å². The predicted octanol–water partition coefficient (Wildman–Crippen LogP) is 1.05. The minimum atomic E-state index is -1.18. The second kappa shape index (κ2) is 11.7. The van der Waals surface area contributed by atoms with E-state index in [2.05, 4.69) is 12.2 Å². The molecule has 1 amide bonds. The van der Waals surface area contributed by atoms with Crippen LogP contribution in [0.5, 0.6) is 0 Å². The van der Waals surface area contributed by atoms with Gasteiger partial charge in [0.15, 0.2) is 0 Å². The highest BCUT2D eigenvalue weighted by Gasteiger charge is 2.20. The van der Waals surface area contributed by atoms with Crippen LogP contribution in [0.15, 0.2) is 0 Å². The van der Waals surface area contributed by atoms with Gasteiger partial charge in [0, 0.05) is 13.0 Å². The van der Waals surface area contributed by atoms with Gasteiger partial charge in [0.2, 0.25) is 5.91 Å². The maximum Gasteiger partial charge on any atom is 0.326 e. The number of hydrogen-bond donors (Lipinski definition) is 4. The normalized spacial score (nSPS) is 13.8. The second-order valence-corrected chi connectivity index (χ2v) is 5.03. The summed E-state index contributed by atoms with van der Waals surface area (Å²) in [6, 6.07) is -1.09. The number of carboxylic acid groups (broad SMARTS) is 1. The van der Waals surface area contributed by atoms with Crippen molar-refractivity contribution in [3.05, 3.63) is 0 Å². The molecule has 0 aromatic heterocycles. The van der Waals surface area contributed by atoms with Crippen molar-refractivity contribution >= 4 is 11.9 Å². The van der Waals surface area contributed by atoms with Crippen molar-refractivity contribution < 1.29 is 24.9 Å². The van der Waals surface area contributed by atoms with Crippen molar-refractivity contribution in [3.8, 4) is 0 Å². The largest absolute Gasteiger partial charge is 0.480 e. The van der Waals surface area contributed by atoms with Gasteiger partial charge < -0.3 is 20.6 Å². The van der Waals surface area contributed by atoms with Gasteiger partial charge in [0.1, 0.15) is 6.04 Å². The number of aliphatic hydroxyl groups is 2. The summed E-state index contributed by atoms with van der Waals surface area (Å²) in [6.45, 7) is 1.82. The lowest BCUT2D eigenvalue weighted by Crippen LogP contribution is -2.42. The standard InChI is InChI=1S/C14H27NO5/c1-2-3-4-5-6-7-11(17)10-13(18)15-12(8-9-16)14(19)20/h11-12,16-17H,2-10H2,1H3,(H,15,18)(H,19,20). The Kier molecular flexibility index (Phi) is 11.0. The van der Waals surface area contributed by atoms with Gasteiger partial charge >= 0.3 is 5.97 Å². The average molecular weight is 289 g/mol. The number of carboxylic acids is 1. The second-order valence-electron chi connectivity index (χ2n) is 5.03. The third-order valence-corrected chi connectivity index (χ3v) is 3.11. The van der Waals surface area contributed by atoms with E-state index in [1.165, 1.54) is 6.42 Å². The van der Waals surface area contributed by atoms with Crippen LogP contribution in [0, 0.1) is 0 Å². The summed E-state index contributed by atoms with van der Waals surface area (Å²) in [6.07, 6.45) is 5.06. The molecule has 0 radical (unpaired) electrons. The lowest BCUT2D eigenvalue weighted by molar-refractivity contribution is -0.142. The molecule has 2 unspecified atom stereocenters. The molecular formula is C14H27NO5. The van der Waals surface area contributed by atoms with Crippen LogP contribution < -0.4 is 5.32 Å². The van der Waals surface area contributed by atoms with Crippen LogP contribution in [0.1, 0.15) is 58.3 Å². The predicted molar refractivity (Wildman–Crippen MR) is 75.3 cm³/mol. The fourth-order valence-electron chi connectivity index (χ4n) is 1.94.